The monoisotopic (exact) mass is 214 g/mol. The van der Waals surface area contributed by atoms with Crippen LogP contribution < -0.4 is 5.32 Å². The first-order chi connectivity index (χ1) is 7.75. The molecule has 5 nitrogen and oxygen atoms in total. The second-order valence-corrected chi connectivity index (χ2v) is 3.24. The van der Waals surface area contributed by atoms with Crippen molar-refractivity contribution in [2.45, 2.75) is 6.92 Å². The SMILES string of the molecule is CC(=O)NCC#Cc1cnc2cn[nH]c2c1. The second-order valence-electron chi connectivity index (χ2n) is 3.24. The maximum atomic E-state index is 10.6. The Morgan fingerprint density at radius 2 is 2.44 bits per heavy atom. The summed E-state index contributed by atoms with van der Waals surface area (Å²) in [5.41, 5.74) is 2.46. The van der Waals surface area contributed by atoms with Gasteiger partial charge in [0.05, 0.1) is 18.3 Å². The number of amides is 1. The van der Waals surface area contributed by atoms with Crippen molar-refractivity contribution in [1.29, 1.82) is 0 Å². The second kappa shape index (κ2) is 4.45. The van der Waals surface area contributed by atoms with Crippen molar-refractivity contribution in [3.63, 3.8) is 0 Å². The molecule has 5 heteroatoms. The van der Waals surface area contributed by atoms with E-state index >= 15 is 0 Å². The normalized spacial score (nSPS) is 9.56. The van der Waals surface area contributed by atoms with Crippen LogP contribution in [0.1, 0.15) is 12.5 Å². The Morgan fingerprint density at radius 3 is 3.25 bits per heavy atom. The van der Waals surface area contributed by atoms with Crippen LogP contribution in [-0.2, 0) is 4.79 Å². The van der Waals surface area contributed by atoms with Gasteiger partial charge in [0, 0.05) is 18.7 Å². The van der Waals surface area contributed by atoms with E-state index < -0.39 is 0 Å². The van der Waals surface area contributed by atoms with Gasteiger partial charge in [0.25, 0.3) is 0 Å². The van der Waals surface area contributed by atoms with Crippen LogP contribution in [0.5, 0.6) is 0 Å². The average Bonchev–Trinajstić information content (AvgIpc) is 2.71. The van der Waals surface area contributed by atoms with E-state index in [0.717, 1.165) is 16.6 Å². The molecule has 1 amide bonds. The van der Waals surface area contributed by atoms with Crippen molar-refractivity contribution in [3.05, 3.63) is 24.0 Å². The van der Waals surface area contributed by atoms with Gasteiger partial charge in [0.2, 0.25) is 5.91 Å². The summed E-state index contributed by atoms with van der Waals surface area (Å²) < 4.78 is 0. The molecule has 0 saturated carbocycles. The molecule has 0 aromatic carbocycles. The first-order valence-corrected chi connectivity index (χ1v) is 4.78. The fourth-order valence-corrected chi connectivity index (χ4v) is 1.21. The number of rotatable bonds is 1. The zero-order valence-corrected chi connectivity index (χ0v) is 8.74. The quantitative estimate of drug-likeness (QED) is 0.677. The summed E-state index contributed by atoms with van der Waals surface area (Å²) in [5, 5.41) is 9.28. The summed E-state index contributed by atoms with van der Waals surface area (Å²) in [6.07, 6.45) is 3.34. The van der Waals surface area contributed by atoms with Crippen LogP contribution in [0.4, 0.5) is 0 Å². The van der Waals surface area contributed by atoms with Gasteiger partial charge in [-0.2, -0.15) is 5.10 Å². The third-order valence-electron chi connectivity index (χ3n) is 1.95. The molecule has 16 heavy (non-hydrogen) atoms. The number of pyridine rings is 1. The molecule has 2 aromatic rings. The van der Waals surface area contributed by atoms with Crippen LogP contribution in [0, 0.1) is 11.8 Å². The summed E-state index contributed by atoms with van der Waals surface area (Å²) >= 11 is 0. The molecule has 0 aliphatic heterocycles. The van der Waals surface area contributed by atoms with Gasteiger partial charge >= 0.3 is 0 Å². The average molecular weight is 214 g/mol. The minimum atomic E-state index is -0.0866. The molecular formula is C11H10N4O. The first-order valence-electron chi connectivity index (χ1n) is 4.78. The zero-order chi connectivity index (χ0) is 11.4. The maximum absolute atomic E-state index is 10.6. The summed E-state index contributed by atoms with van der Waals surface area (Å²) in [6, 6.07) is 1.87. The summed E-state index contributed by atoms with van der Waals surface area (Å²) in [6.45, 7) is 1.80. The molecule has 0 unspecified atom stereocenters. The lowest BCUT2D eigenvalue weighted by Gasteiger charge is -1.92. The number of H-pyrrole nitrogens is 1. The number of aromatic amines is 1. The number of nitrogens with one attached hydrogen (secondary N) is 2. The topological polar surface area (TPSA) is 70.7 Å². The summed E-state index contributed by atoms with van der Waals surface area (Å²) in [5.74, 6) is 5.65. The molecule has 0 aliphatic rings. The molecule has 2 aromatic heterocycles. The fraction of sp³-hybridized carbons (Fsp3) is 0.182. The number of aromatic nitrogens is 3. The molecule has 0 spiro atoms. The Hall–Kier alpha value is -2.35. The van der Waals surface area contributed by atoms with E-state index in [9.17, 15) is 4.79 Å². The molecule has 0 aliphatic carbocycles. The number of nitrogens with zero attached hydrogens (tertiary/aromatic N) is 2. The largest absolute Gasteiger partial charge is 0.345 e. The van der Waals surface area contributed by atoms with Crippen molar-refractivity contribution in [3.8, 4) is 11.8 Å². The Kier molecular flexibility index (Phi) is 2.83. The van der Waals surface area contributed by atoms with Gasteiger partial charge in [-0.25, -0.2) is 0 Å². The van der Waals surface area contributed by atoms with Crippen molar-refractivity contribution >= 4 is 16.9 Å². The van der Waals surface area contributed by atoms with Crippen LogP contribution in [0.3, 0.4) is 0 Å². The van der Waals surface area contributed by atoms with Crippen LogP contribution in [0.2, 0.25) is 0 Å². The molecule has 2 rings (SSSR count). The minimum absolute atomic E-state index is 0.0866. The number of carbonyl (C=O) groups is 1. The number of hydrogen-bond donors (Lipinski definition) is 2. The lowest BCUT2D eigenvalue weighted by molar-refractivity contribution is -0.118. The highest BCUT2D eigenvalue weighted by molar-refractivity contribution is 5.74. The van der Waals surface area contributed by atoms with Gasteiger partial charge in [-0.05, 0) is 6.07 Å². The highest BCUT2D eigenvalue weighted by Gasteiger charge is 1.96. The van der Waals surface area contributed by atoms with E-state index in [1.165, 1.54) is 6.92 Å². The van der Waals surface area contributed by atoms with Crippen LogP contribution in [0.15, 0.2) is 18.5 Å². The lowest BCUT2D eigenvalue weighted by atomic mass is 10.2. The van der Waals surface area contributed by atoms with Gasteiger partial charge in [-0.1, -0.05) is 11.8 Å². The van der Waals surface area contributed by atoms with E-state index in [2.05, 4.69) is 32.3 Å². The van der Waals surface area contributed by atoms with Crippen LogP contribution >= 0.6 is 0 Å². The highest BCUT2D eigenvalue weighted by Crippen LogP contribution is 2.07. The van der Waals surface area contributed by atoms with E-state index in [4.69, 9.17) is 0 Å². The summed E-state index contributed by atoms with van der Waals surface area (Å²) in [7, 11) is 0. The molecule has 0 radical (unpaired) electrons. The van der Waals surface area contributed by atoms with E-state index in [0.29, 0.717) is 6.54 Å². The van der Waals surface area contributed by atoms with Gasteiger partial charge in [0.15, 0.2) is 0 Å². The van der Waals surface area contributed by atoms with Gasteiger partial charge in [-0.3, -0.25) is 14.9 Å². The predicted molar refractivity (Wildman–Crippen MR) is 59.5 cm³/mol. The minimum Gasteiger partial charge on any atom is -0.345 e. The van der Waals surface area contributed by atoms with E-state index in [1.807, 2.05) is 6.07 Å². The standard InChI is InChI=1S/C11H10N4O/c1-8(16)12-4-2-3-9-5-10-11(13-6-9)7-14-15-10/h5-7H,4H2,1H3,(H,12,16)(H,14,15). The van der Waals surface area contributed by atoms with E-state index in [1.54, 1.807) is 12.4 Å². The van der Waals surface area contributed by atoms with Gasteiger partial charge in [0.1, 0.15) is 5.52 Å². The summed E-state index contributed by atoms with van der Waals surface area (Å²) in [4.78, 5) is 14.8. The Bertz CT molecular complexity index is 576. The highest BCUT2D eigenvalue weighted by atomic mass is 16.1. The smallest absolute Gasteiger partial charge is 0.217 e. The van der Waals surface area contributed by atoms with Gasteiger partial charge < -0.3 is 5.32 Å². The number of carbonyl (C=O) groups excluding carboxylic acids is 1. The first kappa shape index (κ1) is 10.2. The fourth-order valence-electron chi connectivity index (χ4n) is 1.21. The molecule has 2 heterocycles. The molecule has 0 bridgehead atoms. The van der Waals surface area contributed by atoms with Gasteiger partial charge in [-0.15, -0.1) is 0 Å². The molecular weight excluding hydrogens is 204 g/mol. The molecule has 0 atom stereocenters. The van der Waals surface area contributed by atoms with Crippen molar-refractivity contribution in [2.75, 3.05) is 6.54 Å². The molecule has 0 fully saturated rings. The number of hydrogen-bond acceptors (Lipinski definition) is 3. The van der Waals surface area contributed by atoms with Crippen molar-refractivity contribution in [1.82, 2.24) is 20.5 Å². The Morgan fingerprint density at radius 1 is 1.56 bits per heavy atom. The number of fused-ring (bicyclic) bond motifs is 1. The van der Waals surface area contributed by atoms with Crippen LogP contribution in [0.25, 0.3) is 11.0 Å². The van der Waals surface area contributed by atoms with E-state index in [-0.39, 0.29) is 5.91 Å². The van der Waals surface area contributed by atoms with Crippen LogP contribution in [-0.4, -0.2) is 27.6 Å². The zero-order valence-electron chi connectivity index (χ0n) is 8.74. The lowest BCUT2D eigenvalue weighted by Crippen LogP contribution is -2.19. The third-order valence-corrected chi connectivity index (χ3v) is 1.95. The molecule has 80 valence electrons. The van der Waals surface area contributed by atoms with Crippen molar-refractivity contribution < 1.29 is 4.79 Å². The molecule has 2 N–H and O–H groups in total. The third kappa shape index (κ3) is 2.36. The van der Waals surface area contributed by atoms with Crippen molar-refractivity contribution in [2.24, 2.45) is 0 Å². The predicted octanol–water partition coefficient (Wildman–Crippen LogP) is 0.446. The maximum Gasteiger partial charge on any atom is 0.217 e. The Balaban J connectivity index is 2.11. The molecule has 0 saturated heterocycles. The Labute approximate surface area is 92.3 Å².